The van der Waals surface area contributed by atoms with E-state index in [1.54, 1.807) is 6.20 Å². The molecule has 0 aromatic carbocycles. The summed E-state index contributed by atoms with van der Waals surface area (Å²) in [6.45, 7) is 6.10. The van der Waals surface area contributed by atoms with Crippen molar-refractivity contribution in [3.05, 3.63) is 11.8 Å². The van der Waals surface area contributed by atoms with E-state index in [0.29, 0.717) is 12.1 Å². The second-order valence-electron chi connectivity index (χ2n) is 5.52. The summed E-state index contributed by atoms with van der Waals surface area (Å²) in [7, 11) is 0.373. The van der Waals surface area contributed by atoms with E-state index >= 15 is 0 Å². The molecule has 1 atom stereocenters. The fourth-order valence-corrected chi connectivity index (χ4v) is 3.30. The van der Waals surface area contributed by atoms with E-state index < -0.39 is 10.0 Å². The van der Waals surface area contributed by atoms with Crippen LogP contribution in [0.15, 0.2) is 11.2 Å². The molecule has 0 spiro atoms. The third-order valence-electron chi connectivity index (χ3n) is 3.05. The molecule has 0 amide bonds. The fourth-order valence-electron chi connectivity index (χ4n) is 1.89. The Morgan fingerprint density at radius 1 is 1.43 bits per heavy atom. The first-order valence-electron chi connectivity index (χ1n) is 7.26. The highest BCUT2D eigenvalue weighted by Gasteiger charge is 2.22. The smallest absolute Gasteiger partial charge is 0.258 e. The maximum atomic E-state index is 12.4. The number of sulfonamides is 1. The molecule has 0 aliphatic carbocycles. The highest BCUT2D eigenvalue weighted by atomic mass is 32.2. The van der Waals surface area contributed by atoms with Crippen LogP contribution in [-0.4, -0.2) is 56.7 Å². The highest BCUT2D eigenvalue weighted by Crippen LogP contribution is 2.12. The lowest BCUT2D eigenvalue weighted by Crippen LogP contribution is -2.35. The molecule has 1 aromatic rings. The Morgan fingerprint density at radius 3 is 2.76 bits per heavy atom. The van der Waals surface area contributed by atoms with Crippen molar-refractivity contribution >= 4 is 10.0 Å². The first-order chi connectivity index (χ1) is 9.86. The molecule has 0 bridgehead atoms. The van der Waals surface area contributed by atoms with Crippen LogP contribution >= 0.6 is 0 Å². The summed E-state index contributed by atoms with van der Waals surface area (Å²) in [6.07, 6.45) is 3.31. The zero-order valence-electron chi connectivity index (χ0n) is 13.3. The molecule has 0 saturated carbocycles. The first-order valence-corrected chi connectivity index (χ1v) is 8.75. The molecule has 122 valence electrons. The van der Waals surface area contributed by atoms with Crippen molar-refractivity contribution in [2.45, 2.75) is 44.3 Å². The molecule has 1 unspecified atom stereocenters. The Bertz CT molecular complexity index is 512. The van der Waals surface area contributed by atoms with Gasteiger partial charge in [-0.1, -0.05) is 6.92 Å². The molecule has 0 saturated heterocycles. The van der Waals surface area contributed by atoms with Crippen molar-refractivity contribution in [3.8, 4) is 0 Å². The largest absolute Gasteiger partial charge is 0.313 e. The van der Waals surface area contributed by atoms with Crippen molar-refractivity contribution in [1.29, 1.82) is 0 Å². The summed E-state index contributed by atoms with van der Waals surface area (Å²) in [4.78, 5) is 2.03. The molecule has 0 fully saturated rings. The minimum atomic E-state index is -3.56. The van der Waals surface area contributed by atoms with Gasteiger partial charge in [-0.05, 0) is 47.0 Å². The van der Waals surface area contributed by atoms with Crippen molar-refractivity contribution in [2.75, 3.05) is 27.2 Å². The Kier molecular flexibility index (Phi) is 7.30. The van der Waals surface area contributed by atoms with Crippen LogP contribution in [0.25, 0.3) is 0 Å². The third kappa shape index (κ3) is 6.13. The van der Waals surface area contributed by atoms with Crippen molar-refractivity contribution < 1.29 is 8.42 Å². The number of hydrogen-bond donors (Lipinski definition) is 3. The Labute approximate surface area is 127 Å². The average Bonchev–Trinajstić information content (AvgIpc) is 2.85. The normalized spacial score (nSPS) is 13.8. The van der Waals surface area contributed by atoms with Crippen LogP contribution in [0, 0.1) is 0 Å². The van der Waals surface area contributed by atoms with Gasteiger partial charge in [0.1, 0.15) is 0 Å². The SMILES string of the molecule is CCCNCc1cn[nH]c1S(=O)(=O)NC(C)CCN(C)C. The van der Waals surface area contributed by atoms with E-state index in [1.165, 1.54) is 0 Å². The van der Waals surface area contributed by atoms with Gasteiger partial charge < -0.3 is 10.2 Å². The summed E-state index contributed by atoms with van der Waals surface area (Å²) in [5.41, 5.74) is 0.663. The van der Waals surface area contributed by atoms with Crippen LogP contribution in [0.3, 0.4) is 0 Å². The molecule has 7 nitrogen and oxygen atoms in total. The molecule has 1 aromatic heterocycles. The van der Waals surface area contributed by atoms with Crippen LogP contribution in [0.5, 0.6) is 0 Å². The van der Waals surface area contributed by atoms with Crippen molar-refractivity contribution in [2.24, 2.45) is 0 Å². The molecule has 0 aliphatic heterocycles. The monoisotopic (exact) mass is 317 g/mol. The van der Waals surface area contributed by atoms with Crippen LogP contribution in [-0.2, 0) is 16.6 Å². The number of hydrogen-bond acceptors (Lipinski definition) is 5. The van der Waals surface area contributed by atoms with Crippen LogP contribution in [0.2, 0.25) is 0 Å². The van der Waals surface area contributed by atoms with Gasteiger partial charge in [-0.2, -0.15) is 5.10 Å². The van der Waals surface area contributed by atoms with E-state index in [9.17, 15) is 8.42 Å². The highest BCUT2D eigenvalue weighted by molar-refractivity contribution is 7.89. The lowest BCUT2D eigenvalue weighted by Gasteiger charge is -2.16. The van der Waals surface area contributed by atoms with Crippen LogP contribution in [0.1, 0.15) is 32.3 Å². The molecule has 0 radical (unpaired) electrons. The van der Waals surface area contributed by atoms with E-state index in [-0.39, 0.29) is 11.1 Å². The average molecular weight is 317 g/mol. The third-order valence-corrected chi connectivity index (χ3v) is 4.66. The van der Waals surface area contributed by atoms with Gasteiger partial charge in [-0.25, -0.2) is 13.1 Å². The van der Waals surface area contributed by atoms with Crippen molar-refractivity contribution in [3.63, 3.8) is 0 Å². The number of H-pyrrole nitrogens is 1. The number of aromatic nitrogens is 2. The first kappa shape index (κ1) is 18.1. The molecule has 1 rings (SSSR count). The van der Waals surface area contributed by atoms with Gasteiger partial charge >= 0.3 is 0 Å². The molecule has 21 heavy (non-hydrogen) atoms. The van der Waals surface area contributed by atoms with E-state index in [4.69, 9.17) is 0 Å². The summed E-state index contributed by atoms with van der Waals surface area (Å²) < 4.78 is 27.4. The molecule has 3 N–H and O–H groups in total. The maximum Gasteiger partial charge on any atom is 0.258 e. The van der Waals surface area contributed by atoms with Gasteiger partial charge in [0.05, 0.1) is 6.20 Å². The number of nitrogens with one attached hydrogen (secondary N) is 3. The lowest BCUT2D eigenvalue weighted by molar-refractivity contribution is 0.378. The molecular weight excluding hydrogens is 290 g/mol. The van der Waals surface area contributed by atoms with Gasteiger partial charge in [-0.3, -0.25) is 5.10 Å². The fraction of sp³-hybridized carbons (Fsp3) is 0.769. The van der Waals surface area contributed by atoms with Gasteiger partial charge in [0.25, 0.3) is 10.0 Å². The predicted molar refractivity (Wildman–Crippen MR) is 83.5 cm³/mol. The Hall–Kier alpha value is -0.960. The van der Waals surface area contributed by atoms with E-state index in [0.717, 1.165) is 25.9 Å². The summed E-state index contributed by atoms with van der Waals surface area (Å²) in [5, 5.41) is 9.79. The van der Waals surface area contributed by atoms with Gasteiger partial charge in [-0.15, -0.1) is 0 Å². The maximum absolute atomic E-state index is 12.4. The predicted octanol–water partition coefficient (Wildman–Crippen LogP) is 0.528. The molecular formula is C13H27N5O2S. The second kappa shape index (κ2) is 8.47. The Morgan fingerprint density at radius 2 is 2.14 bits per heavy atom. The Balaban J connectivity index is 2.67. The topological polar surface area (TPSA) is 90.1 Å². The quantitative estimate of drug-likeness (QED) is 0.548. The molecule has 8 heteroatoms. The van der Waals surface area contributed by atoms with Gasteiger partial charge in [0.15, 0.2) is 5.03 Å². The summed E-state index contributed by atoms with van der Waals surface area (Å²) in [5.74, 6) is 0. The number of nitrogens with zero attached hydrogens (tertiary/aromatic N) is 2. The van der Waals surface area contributed by atoms with E-state index in [2.05, 4.69) is 27.2 Å². The van der Waals surface area contributed by atoms with Crippen LogP contribution < -0.4 is 10.0 Å². The van der Waals surface area contributed by atoms with Gasteiger partial charge in [0.2, 0.25) is 0 Å². The number of aromatic amines is 1. The van der Waals surface area contributed by atoms with Crippen LogP contribution in [0.4, 0.5) is 0 Å². The lowest BCUT2D eigenvalue weighted by atomic mass is 10.2. The molecule has 0 aliphatic rings. The summed E-state index contributed by atoms with van der Waals surface area (Å²) >= 11 is 0. The minimum Gasteiger partial charge on any atom is -0.313 e. The summed E-state index contributed by atoms with van der Waals surface area (Å²) in [6, 6.07) is -0.128. The molecule has 1 heterocycles. The second-order valence-corrected chi connectivity index (χ2v) is 7.17. The zero-order valence-corrected chi connectivity index (χ0v) is 14.1. The zero-order chi connectivity index (χ0) is 15.9. The minimum absolute atomic E-state index is 0.128. The van der Waals surface area contributed by atoms with E-state index in [1.807, 2.05) is 25.9 Å². The number of rotatable bonds is 10. The van der Waals surface area contributed by atoms with Gasteiger partial charge in [0, 0.05) is 18.2 Å². The van der Waals surface area contributed by atoms with Crippen molar-refractivity contribution in [1.82, 2.24) is 25.1 Å². The standard InChI is InChI=1S/C13H27N5O2S/c1-5-7-14-9-12-10-15-16-13(12)21(19,20)17-11(2)6-8-18(3)4/h10-11,14,17H,5-9H2,1-4H3,(H,15,16).